The van der Waals surface area contributed by atoms with Crippen LogP contribution in [0.1, 0.15) is 5.56 Å². The van der Waals surface area contributed by atoms with Crippen molar-refractivity contribution >= 4 is 23.4 Å². The molecule has 0 saturated carbocycles. The number of thioether (sulfide) groups is 1. The zero-order valence-corrected chi connectivity index (χ0v) is 10.7. The Balaban J connectivity index is 2.10. The van der Waals surface area contributed by atoms with Gasteiger partial charge in [-0.2, -0.15) is 5.26 Å². The Hall–Kier alpha value is -2.32. The summed E-state index contributed by atoms with van der Waals surface area (Å²) < 4.78 is 0. The van der Waals surface area contributed by atoms with E-state index in [0.717, 1.165) is 21.7 Å². The van der Waals surface area contributed by atoms with Gasteiger partial charge in [-0.05, 0) is 23.8 Å². The fourth-order valence-corrected chi connectivity index (χ4v) is 2.77. The second-order valence-electron chi connectivity index (χ2n) is 4.08. The third kappa shape index (κ3) is 2.18. The first kappa shape index (κ1) is 11.8. The molecular weight excluding hydrogens is 258 g/mol. The lowest BCUT2D eigenvalue weighted by Crippen LogP contribution is -2.18. The molecule has 1 N–H and O–H groups in total. The normalized spacial score (nSPS) is 13.3. The first-order chi connectivity index (χ1) is 9.28. The summed E-state index contributed by atoms with van der Waals surface area (Å²) >= 11 is 1.52. The van der Waals surface area contributed by atoms with Gasteiger partial charge >= 0.3 is 0 Å². The van der Waals surface area contributed by atoms with Crippen molar-refractivity contribution in [2.24, 2.45) is 0 Å². The molecule has 0 spiro atoms. The maximum atomic E-state index is 11.4. The lowest BCUT2D eigenvalue weighted by molar-refractivity contribution is -0.113. The quantitative estimate of drug-likeness (QED) is 0.862. The number of carbonyl (C=O) groups excluding carboxylic acids is 1. The van der Waals surface area contributed by atoms with Crippen LogP contribution in [-0.2, 0) is 4.79 Å². The van der Waals surface area contributed by atoms with E-state index in [0.29, 0.717) is 11.3 Å². The zero-order valence-electron chi connectivity index (χ0n) is 9.88. The lowest BCUT2D eigenvalue weighted by Gasteiger charge is -2.17. The molecule has 1 aromatic carbocycles. The van der Waals surface area contributed by atoms with Crippen LogP contribution in [0.2, 0.25) is 0 Å². The van der Waals surface area contributed by atoms with E-state index in [-0.39, 0.29) is 5.91 Å². The van der Waals surface area contributed by atoms with Crippen molar-refractivity contribution in [2.45, 2.75) is 4.90 Å². The molecule has 92 valence electrons. The largest absolute Gasteiger partial charge is 0.324 e. The van der Waals surface area contributed by atoms with Crippen LogP contribution < -0.4 is 5.32 Å². The minimum absolute atomic E-state index is 0.00452. The number of carbonyl (C=O) groups is 1. The molecule has 0 aliphatic carbocycles. The molecule has 5 heteroatoms. The van der Waals surface area contributed by atoms with E-state index in [1.165, 1.54) is 11.8 Å². The Morgan fingerprint density at radius 3 is 3.11 bits per heavy atom. The van der Waals surface area contributed by atoms with E-state index in [1.807, 2.05) is 18.2 Å². The number of rotatable bonds is 1. The van der Waals surface area contributed by atoms with E-state index in [2.05, 4.69) is 16.4 Å². The van der Waals surface area contributed by atoms with Gasteiger partial charge in [0.15, 0.2) is 0 Å². The standard InChI is InChI=1S/C14H9N3OS/c15-6-10-7-16-4-3-11(10)9-1-2-13-12(5-9)17-14(18)8-19-13/h1-5,7H,8H2,(H,17,18). The summed E-state index contributed by atoms with van der Waals surface area (Å²) in [7, 11) is 0. The van der Waals surface area contributed by atoms with Gasteiger partial charge in [-0.3, -0.25) is 9.78 Å². The Morgan fingerprint density at radius 2 is 2.26 bits per heavy atom. The van der Waals surface area contributed by atoms with Crippen LogP contribution in [-0.4, -0.2) is 16.6 Å². The van der Waals surface area contributed by atoms with Gasteiger partial charge in [0.1, 0.15) is 6.07 Å². The van der Waals surface area contributed by atoms with Crippen molar-refractivity contribution in [3.63, 3.8) is 0 Å². The van der Waals surface area contributed by atoms with Crippen molar-refractivity contribution < 1.29 is 4.79 Å². The van der Waals surface area contributed by atoms with Crippen LogP contribution >= 0.6 is 11.8 Å². The minimum atomic E-state index is 0.00452. The number of hydrogen-bond acceptors (Lipinski definition) is 4. The third-order valence-corrected chi connectivity index (χ3v) is 3.94. The predicted octanol–water partition coefficient (Wildman–Crippen LogP) is 2.66. The van der Waals surface area contributed by atoms with E-state index >= 15 is 0 Å². The van der Waals surface area contributed by atoms with Crippen LogP contribution in [0.5, 0.6) is 0 Å². The summed E-state index contributed by atoms with van der Waals surface area (Å²) in [5.41, 5.74) is 3.06. The Kier molecular flexibility index (Phi) is 2.94. The summed E-state index contributed by atoms with van der Waals surface area (Å²) in [6.07, 6.45) is 3.20. The number of anilines is 1. The van der Waals surface area contributed by atoms with Gasteiger partial charge in [-0.25, -0.2) is 0 Å². The Bertz CT molecular complexity index is 706. The molecule has 0 fully saturated rings. The number of aromatic nitrogens is 1. The minimum Gasteiger partial charge on any atom is -0.324 e. The predicted molar refractivity (Wildman–Crippen MR) is 73.7 cm³/mol. The van der Waals surface area contributed by atoms with E-state index in [4.69, 9.17) is 5.26 Å². The van der Waals surface area contributed by atoms with Crippen molar-refractivity contribution in [1.82, 2.24) is 4.98 Å². The van der Waals surface area contributed by atoms with Crippen molar-refractivity contribution in [2.75, 3.05) is 11.1 Å². The Labute approximate surface area is 114 Å². The van der Waals surface area contributed by atoms with E-state index in [9.17, 15) is 4.79 Å². The van der Waals surface area contributed by atoms with Crippen molar-refractivity contribution in [1.29, 1.82) is 5.26 Å². The maximum Gasteiger partial charge on any atom is 0.234 e. The van der Waals surface area contributed by atoms with Crippen LogP contribution in [0, 0.1) is 11.3 Å². The fourth-order valence-electron chi connectivity index (χ4n) is 1.99. The van der Waals surface area contributed by atoms with Crippen LogP contribution in [0.3, 0.4) is 0 Å². The SMILES string of the molecule is N#Cc1cnccc1-c1ccc2c(c1)NC(=O)CS2. The number of amides is 1. The number of nitriles is 1. The molecule has 1 aliphatic heterocycles. The highest BCUT2D eigenvalue weighted by molar-refractivity contribution is 8.00. The molecule has 0 unspecified atom stereocenters. The van der Waals surface area contributed by atoms with Crippen molar-refractivity contribution in [3.8, 4) is 17.2 Å². The number of hydrogen-bond donors (Lipinski definition) is 1. The third-order valence-electron chi connectivity index (χ3n) is 2.86. The number of benzene rings is 1. The highest BCUT2D eigenvalue weighted by Gasteiger charge is 2.16. The summed E-state index contributed by atoms with van der Waals surface area (Å²) in [6, 6.07) is 9.76. The first-order valence-electron chi connectivity index (χ1n) is 5.69. The topological polar surface area (TPSA) is 65.8 Å². The molecule has 19 heavy (non-hydrogen) atoms. The number of nitrogens with one attached hydrogen (secondary N) is 1. The summed E-state index contributed by atoms with van der Waals surface area (Å²) in [5.74, 6) is 0.454. The van der Waals surface area contributed by atoms with E-state index in [1.54, 1.807) is 18.5 Å². The first-order valence-corrected chi connectivity index (χ1v) is 6.67. The zero-order chi connectivity index (χ0) is 13.2. The summed E-state index contributed by atoms with van der Waals surface area (Å²) in [6.45, 7) is 0. The maximum absolute atomic E-state index is 11.4. The van der Waals surface area contributed by atoms with Crippen LogP contribution in [0.25, 0.3) is 11.1 Å². The second kappa shape index (κ2) is 4.75. The fraction of sp³-hybridized carbons (Fsp3) is 0.0714. The number of fused-ring (bicyclic) bond motifs is 1. The lowest BCUT2D eigenvalue weighted by atomic mass is 10.0. The smallest absolute Gasteiger partial charge is 0.234 e. The van der Waals surface area contributed by atoms with Gasteiger partial charge in [0.2, 0.25) is 5.91 Å². The average molecular weight is 267 g/mol. The van der Waals surface area contributed by atoms with Crippen LogP contribution in [0.15, 0.2) is 41.6 Å². The highest BCUT2D eigenvalue weighted by Crippen LogP contribution is 2.35. The molecule has 1 aromatic heterocycles. The summed E-state index contributed by atoms with van der Waals surface area (Å²) in [5, 5.41) is 11.9. The molecule has 1 aliphatic rings. The van der Waals surface area contributed by atoms with Crippen LogP contribution in [0.4, 0.5) is 5.69 Å². The molecule has 0 atom stereocenters. The second-order valence-corrected chi connectivity index (χ2v) is 5.10. The molecular formula is C14H9N3OS. The monoisotopic (exact) mass is 267 g/mol. The molecule has 0 saturated heterocycles. The van der Waals surface area contributed by atoms with Gasteiger partial charge in [-0.15, -0.1) is 11.8 Å². The number of nitrogens with zero attached hydrogens (tertiary/aromatic N) is 2. The van der Waals surface area contributed by atoms with Gasteiger partial charge in [0.25, 0.3) is 0 Å². The average Bonchev–Trinajstić information content (AvgIpc) is 2.46. The Morgan fingerprint density at radius 1 is 1.37 bits per heavy atom. The highest BCUT2D eigenvalue weighted by atomic mass is 32.2. The van der Waals surface area contributed by atoms with E-state index < -0.39 is 0 Å². The van der Waals surface area contributed by atoms with Crippen molar-refractivity contribution in [3.05, 3.63) is 42.2 Å². The summed E-state index contributed by atoms with van der Waals surface area (Å²) in [4.78, 5) is 16.4. The molecule has 4 nitrogen and oxygen atoms in total. The van der Waals surface area contributed by atoms with Gasteiger partial charge < -0.3 is 5.32 Å². The molecule has 0 bridgehead atoms. The van der Waals surface area contributed by atoms with Gasteiger partial charge in [0.05, 0.1) is 17.0 Å². The van der Waals surface area contributed by atoms with Gasteiger partial charge in [0, 0.05) is 22.9 Å². The molecule has 2 heterocycles. The number of pyridine rings is 1. The molecule has 3 rings (SSSR count). The molecule has 0 radical (unpaired) electrons. The van der Waals surface area contributed by atoms with Gasteiger partial charge in [-0.1, -0.05) is 6.07 Å². The molecule has 2 aromatic rings. The molecule has 1 amide bonds.